The summed E-state index contributed by atoms with van der Waals surface area (Å²) in [6.45, 7) is 1.63. The molecule has 1 aliphatic rings. The molecular formula is C21H25F2N3O2. The molecule has 1 aromatic carbocycles. The van der Waals surface area contributed by atoms with Gasteiger partial charge in [-0.25, -0.2) is 13.8 Å². The van der Waals surface area contributed by atoms with Crippen molar-refractivity contribution in [2.24, 2.45) is 11.7 Å². The first-order chi connectivity index (χ1) is 13.5. The minimum Gasteiger partial charge on any atom is -0.433 e. The van der Waals surface area contributed by atoms with Crippen LogP contribution in [0, 0.1) is 17.6 Å². The van der Waals surface area contributed by atoms with E-state index < -0.39 is 23.3 Å². The summed E-state index contributed by atoms with van der Waals surface area (Å²) in [5, 5.41) is 3.39. The maximum absolute atomic E-state index is 14.3. The summed E-state index contributed by atoms with van der Waals surface area (Å²) in [4.78, 5) is 14.9. The molecule has 1 saturated carbocycles. The number of aromatic nitrogens is 1. The Morgan fingerprint density at radius 1 is 1.18 bits per heavy atom. The third-order valence-corrected chi connectivity index (χ3v) is 5.03. The number of rotatable bonds is 8. The quantitative estimate of drug-likeness (QED) is 0.670. The molecule has 1 heterocycles. The number of primary amides is 1. The molecule has 0 atom stereocenters. The molecule has 28 heavy (non-hydrogen) atoms. The Balaban J connectivity index is 1.55. The van der Waals surface area contributed by atoms with Crippen molar-refractivity contribution in [3.63, 3.8) is 0 Å². The zero-order valence-corrected chi connectivity index (χ0v) is 15.7. The van der Waals surface area contributed by atoms with Crippen LogP contribution in [0.15, 0.2) is 30.5 Å². The minimum atomic E-state index is -0.789. The Morgan fingerprint density at radius 2 is 1.89 bits per heavy atom. The van der Waals surface area contributed by atoms with Gasteiger partial charge in [0.1, 0.15) is 0 Å². The number of nitrogens with two attached hydrogens (primary N) is 1. The second-order valence-corrected chi connectivity index (χ2v) is 7.20. The van der Waals surface area contributed by atoms with Gasteiger partial charge in [-0.1, -0.05) is 19.3 Å². The van der Waals surface area contributed by atoms with E-state index in [-0.39, 0.29) is 11.4 Å². The normalized spacial score (nSPS) is 14.8. The Hall–Kier alpha value is -2.54. The Labute approximate surface area is 163 Å². The smallest absolute Gasteiger partial charge is 0.250 e. The fourth-order valence-electron chi connectivity index (χ4n) is 3.48. The van der Waals surface area contributed by atoms with E-state index in [1.807, 2.05) is 0 Å². The van der Waals surface area contributed by atoms with E-state index in [1.165, 1.54) is 62.6 Å². The average molecular weight is 389 g/mol. The number of nitrogens with zero attached hydrogens (tertiary/aromatic N) is 1. The number of pyridine rings is 1. The number of ether oxygens (including phenoxy) is 1. The molecule has 150 valence electrons. The van der Waals surface area contributed by atoms with Crippen molar-refractivity contribution in [1.82, 2.24) is 10.3 Å². The summed E-state index contributed by atoms with van der Waals surface area (Å²) in [5.74, 6) is -2.04. The van der Waals surface area contributed by atoms with Gasteiger partial charge in [-0.2, -0.15) is 0 Å². The zero-order chi connectivity index (χ0) is 19.9. The number of carbonyl (C=O) groups is 1. The highest BCUT2D eigenvalue weighted by molar-refractivity contribution is 5.92. The number of halogens is 2. The van der Waals surface area contributed by atoms with E-state index in [4.69, 9.17) is 10.5 Å². The molecular weight excluding hydrogens is 364 g/mol. The Bertz CT molecular complexity index is 783. The van der Waals surface area contributed by atoms with Crippen LogP contribution in [0.2, 0.25) is 0 Å². The largest absolute Gasteiger partial charge is 0.433 e. The van der Waals surface area contributed by atoms with Crippen LogP contribution in [0.3, 0.4) is 0 Å². The van der Waals surface area contributed by atoms with Crippen LogP contribution in [0.25, 0.3) is 0 Å². The first-order valence-corrected chi connectivity index (χ1v) is 9.65. The van der Waals surface area contributed by atoms with Gasteiger partial charge in [0.05, 0.1) is 5.56 Å². The summed E-state index contributed by atoms with van der Waals surface area (Å²) in [7, 11) is 0. The third-order valence-electron chi connectivity index (χ3n) is 5.03. The number of carbonyl (C=O) groups excluding carboxylic acids is 1. The van der Waals surface area contributed by atoms with E-state index in [2.05, 4.69) is 10.3 Å². The van der Waals surface area contributed by atoms with Crippen molar-refractivity contribution >= 4 is 5.91 Å². The summed E-state index contributed by atoms with van der Waals surface area (Å²) < 4.78 is 33.8. The van der Waals surface area contributed by atoms with Crippen LogP contribution in [0.5, 0.6) is 11.6 Å². The lowest BCUT2D eigenvalue weighted by molar-refractivity contribution is 0.1000. The lowest BCUT2D eigenvalue weighted by Gasteiger charge is -2.21. The first kappa shape index (κ1) is 20.2. The van der Waals surface area contributed by atoms with Crippen molar-refractivity contribution in [1.29, 1.82) is 0 Å². The molecule has 0 spiro atoms. The van der Waals surface area contributed by atoms with Crippen molar-refractivity contribution in [2.45, 2.75) is 38.5 Å². The molecule has 0 radical (unpaired) electrons. The maximum Gasteiger partial charge on any atom is 0.250 e. The first-order valence-electron chi connectivity index (χ1n) is 9.65. The highest BCUT2D eigenvalue weighted by Crippen LogP contribution is 2.28. The minimum absolute atomic E-state index is 0.0234. The van der Waals surface area contributed by atoms with Crippen LogP contribution < -0.4 is 15.8 Å². The molecule has 7 heteroatoms. The summed E-state index contributed by atoms with van der Waals surface area (Å²) in [6.07, 6.45) is 8.17. The van der Waals surface area contributed by atoms with Gasteiger partial charge in [0.15, 0.2) is 11.6 Å². The summed E-state index contributed by atoms with van der Waals surface area (Å²) in [5.41, 5.74) is 5.88. The van der Waals surface area contributed by atoms with Gasteiger partial charge in [0, 0.05) is 12.3 Å². The second kappa shape index (κ2) is 9.59. The molecule has 1 amide bonds. The highest BCUT2D eigenvalue weighted by atomic mass is 19.1. The maximum atomic E-state index is 14.3. The standard InChI is InChI=1S/C21H25F2N3O2/c22-17-10-15(8-9-25-12-14-4-2-1-3-5-14)11-18(23)20(17)28-19-7-6-16(13-26-19)21(24)27/h6-7,10-11,13-14,25H,1-5,8-9,12H2,(H2,24,27). The fraction of sp³-hybridized carbons (Fsp3) is 0.429. The molecule has 0 saturated heterocycles. The molecule has 3 rings (SSSR count). The van der Waals surface area contributed by atoms with Crippen LogP contribution in [-0.4, -0.2) is 24.0 Å². The van der Waals surface area contributed by atoms with Crippen LogP contribution in [-0.2, 0) is 6.42 Å². The Kier molecular flexibility index (Phi) is 6.92. The van der Waals surface area contributed by atoms with E-state index in [1.54, 1.807) is 0 Å². The van der Waals surface area contributed by atoms with Gasteiger partial charge in [0.2, 0.25) is 17.5 Å². The van der Waals surface area contributed by atoms with Gasteiger partial charge in [-0.05, 0) is 62.0 Å². The lowest BCUT2D eigenvalue weighted by atomic mass is 9.89. The number of benzene rings is 1. The van der Waals surface area contributed by atoms with E-state index in [9.17, 15) is 13.6 Å². The van der Waals surface area contributed by atoms with Gasteiger partial charge in [-0.3, -0.25) is 4.79 Å². The van der Waals surface area contributed by atoms with Gasteiger partial charge >= 0.3 is 0 Å². The molecule has 0 aliphatic heterocycles. The van der Waals surface area contributed by atoms with Crippen molar-refractivity contribution in [3.05, 3.63) is 53.2 Å². The molecule has 1 fully saturated rings. The number of hydrogen-bond donors (Lipinski definition) is 2. The SMILES string of the molecule is NC(=O)c1ccc(Oc2c(F)cc(CCNCC3CCCCC3)cc2F)nc1. The molecule has 1 aliphatic carbocycles. The Morgan fingerprint density at radius 3 is 2.50 bits per heavy atom. The van der Waals surface area contributed by atoms with Gasteiger partial charge in [-0.15, -0.1) is 0 Å². The van der Waals surface area contributed by atoms with Gasteiger partial charge < -0.3 is 15.8 Å². The zero-order valence-electron chi connectivity index (χ0n) is 15.7. The molecule has 3 N–H and O–H groups in total. The van der Waals surface area contributed by atoms with E-state index in [0.29, 0.717) is 24.4 Å². The number of nitrogens with one attached hydrogen (secondary N) is 1. The topological polar surface area (TPSA) is 77.2 Å². The fourth-order valence-corrected chi connectivity index (χ4v) is 3.48. The predicted octanol–water partition coefficient (Wildman–Crippen LogP) is 3.96. The summed E-state index contributed by atoms with van der Waals surface area (Å²) >= 11 is 0. The van der Waals surface area contributed by atoms with Crippen molar-refractivity contribution < 1.29 is 18.3 Å². The summed E-state index contributed by atoms with van der Waals surface area (Å²) in [6, 6.07) is 5.27. The molecule has 1 aromatic heterocycles. The van der Waals surface area contributed by atoms with E-state index >= 15 is 0 Å². The highest BCUT2D eigenvalue weighted by Gasteiger charge is 2.15. The predicted molar refractivity (Wildman–Crippen MR) is 102 cm³/mol. The van der Waals surface area contributed by atoms with Crippen molar-refractivity contribution in [2.75, 3.05) is 13.1 Å². The van der Waals surface area contributed by atoms with Crippen LogP contribution >= 0.6 is 0 Å². The molecule has 0 bridgehead atoms. The second-order valence-electron chi connectivity index (χ2n) is 7.20. The molecule has 0 unspecified atom stereocenters. The van der Waals surface area contributed by atoms with Gasteiger partial charge in [0.25, 0.3) is 0 Å². The molecule has 2 aromatic rings. The average Bonchev–Trinajstić information content (AvgIpc) is 2.69. The third kappa shape index (κ3) is 5.48. The monoisotopic (exact) mass is 389 g/mol. The van der Waals surface area contributed by atoms with Crippen LogP contribution in [0.1, 0.15) is 48.0 Å². The molecule has 5 nitrogen and oxygen atoms in total. The number of hydrogen-bond acceptors (Lipinski definition) is 4. The lowest BCUT2D eigenvalue weighted by Crippen LogP contribution is -2.26. The number of amides is 1. The van der Waals surface area contributed by atoms with E-state index in [0.717, 1.165) is 6.54 Å². The van der Waals surface area contributed by atoms with Crippen LogP contribution in [0.4, 0.5) is 8.78 Å². The van der Waals surface area contributed by atoms with Crippen molar-refractivity contribution in [3.8, 4) is 11.6 Å².